The molecule has 0 spiro atoms. The van der Waals surface area contributed by atoms with Crippen molar-refractivity contribution in [1.29, 1.82) is 0 Å². The summed E-state index contributed by atoms with van der Waals surface area (Å²) in [5, 5.41) is 0. The van der Waals surface area contributed by atoms with E-state index in [0.717, 1.165) is 29.1 Å². The smallest absolute Gasteiger partial charge is 0.440 e. The molecule has 7 heteroatoms. The van der Waals surface area contributed by atoms with Crippen LogP contribution in [-0.4, -0.2) is 24.2 Å². The lowest BCUT2D eigenvalue weighted by Gasteiger charge is -2.21. The van der Waals surface area contributed by atoms with Crippen molar-refractivity contribution < 1.29 is 18.3 Å². The molecule has 0 bridgehead atoms. The normalized spacial score (nSPS) is 18.1. The number of rotatable bonds is 8. The molecule has 1 aromatic rings. The van der Waals surface area contributed by atoms with Gasteiger partial charge in [0.05, 0.1) is 6.61 Å². The predicted octanol–water partition coefficient (Wildman–Crippen LogP) is 5.79. The van der Waals surface area contributed by atoms with Crippen molar-refractivity contribution in [3.05, 3.63) is 17.7 Å². The van der Waals surface area contributed by atoms with Crippen LogP contribution in [0, 0.1) is 0 Å². The molecule has 0 aliphatic carbocycles. The average molecular weight is 376 g/mol. The Morgan fingerprint density at radius 1 is 1.35 bits per heavy atom. The van der Waals surface area contributed by atoms with Gasteiger partial charge in [-0.25, -0.2) is 4.57 Å². The molecule has 0 saturated heterocycles. The molecule has 1 aliphatic heterocycles. The summed E-state index contributed by atoms with van der Waals surface area (Å²) in [4.78, 5) is 1.07. The highest BCUT2D eigenvalue weighted by molar-refractivity contribution is 8.55. The molecule has 0 amide bonds. The van der Waals surface area contributed by atoms with Gasteiger partial charge in [-0.3, -0.25) is 4.52 Å². The number of ether oxygens (including phenoxy) is 1. The van der Waals surface area contributed by atoms with Crippen LogP contribution in [-0.2, 0) is 15.5 Å². The molecule has 130 valence electrons. The molecule has 0 saturated carbocycles. The van der Waals surface area contributed by atoms with Crippen LogP contribution in [0.5, 0.6) is 11.5 Å². The van der Waals surface area contributed by atoms with Gasteiger partial charge in [-0.15, -0.1) is 11.8 Å². The first-order chi connectivity index (χ1) is 10.8. The second kappa shape index (κ2) is 7.73. The number of thioether (sulfide) groups is 1. The minimum absolute atomic E-state index is 0.274. The maximum absolute atomic E-state index is 13.0. The van der Waals surface area contributed by atoms with Gasteiger partial charge in [0, 0.05) is 22.6 Å². The molecule has 0 radical (unpaired) electrons. The third kappa shape index (κ3) is 4.85. The molecule has 1 heterocycles. The first-order valence-corrected chi connectivity index (χ1v) is 12.2. The lowest BCUT2D eigenvalue weighted by Crippen LogP contribution is -2.24. The lowest BCUT2D eigenvalue weighted by molar-refractivity contribution is 0.135. The molecule has 23 heavy (non-hydrogen) atoms. The van der Waals surface area contributed by atoms with Crippen molar-refractivity contribution in [1.82, 2.24) is 0 Å². The molecule has 1 atom stereocenters. The van der Waals surface area contributed by atoms with Crippen LogP contribution >= 0.6 is 29.9 Å². The fourth-order valence-electron chi connectivity index (χ4n) is 2.41. The Morgan fingerprint density at radius 2 is 2.09 bits per heavy atom. The molecular weight excluding hydrogens is 351 g/mol. The van der Waals surface area contributed by atoms with Crippen LogP contribution in [0.4, 0.5) is 0 Å². The highest BCUT2D eigenvalue weighted by Gasteiger charge is 2.36. The largest absolute Gasteiger partial charge is 0.483 e. The Kier molecular flexibility index (Phi) is 6.40. The van der Waals surface area contributed by atoms with Crippen molar-refractivity contribution in [2.45, 2.75) is 51.0 Å². The van der Waals surface area contributed by atoms with E-state index in [0.29, 0.717) is 18.1 Å². The van der Waals surface area contributed by atoms with Gasteiger partial charge in [-0.2, -0.15) is 0 Å². The monoisotopic (exact) mass is 376 g/mol. The predicted molar refractivity (Wildman–Crippen MR) is 99.2 cm³/mol. The van der Waals surface area contributed by atoms with Gasteiger partial charge < -0.3 is 9.26 Å². The van der Waals surface area contributed by atoms with Crippen LogP contribution in [0.25, 0.3) is 0 Å². The number of fused-ring (bicyclic) bond motifs is 1. The summed E-state index contributed by atoms with van der Waals surface area (Å²) in [6.45, 7) is 5.07. The maximum Gasteiger partial charge on any atom is 0.440 e. The SMILES string of the molecule is CCCSP(=O)(OCC)Oc1cc(SC)cc2c1OC(C)(C)C2. The van der Waals surface area contributed by atoms with Crippen molar-refractivity contribution in [2.75, 3.05) is 18.6 Å². The third-order valence-electron chi connectivity index (χ3n) is 3.29. The van der Waals surface area contributed by atoms with Gasteiger partial charge in [0.15, 0.2) is 11.5 Å². The summed E-state index contributed by atoms with van der Waals surface area (Å²) in [6.07, 6.45) is 3.74. The fourth-order valence-corrected chi connectivity index (χ4v) is 6.33. The van der Waals surface area contributed by atoms with Crippen LogP contribution in [0.3, 0.4) is 0 Å². The van der Waals surface area contributed by atoms with Crippen LogP contribution in [0.15, 0.2) is 17.0 Å². The van der Waals surface area contributed by atoms with E-state index in [2.05, 4.69) is 6.07 Å². The quantitative estimate of drug-likeness (QED) is 0.423. The maximum atomic E-state index is 13.0. The zero-order valence-corrected chi connectivity index (χ0v) is 16.9. The van der Waals surface area contributed by atoms with E-state index in [4.69, 9.17) is 13.8 Å². The zero-order chi connectivity index (χ0) is 17.1. The summed E-state index contributed by atoms with van der Waals surface area (Å²) in [6, 6.07) is 4.01. The summed E-state index contributed by atoms with van der Waals surface area (Å²) in [7, 11) is 0. The van der Waals surface area contributed by atoms with E-state index < -0.39 is 6.80 Å². The van der Waals surface area contributed by atoms with Crippen molar-refractivity contribution >= 4 is 29.9 Å². The minimum atomic E-state index is -3.23. The molecule has 2 rings (SSSR count). The first-order valence-electron chi connectivity index (χ1n) is 7.81. The average Bonchev–Trinajstić information content (AvgIpc) is 2.79. The standard InChI is InChI=1S/C16H25O4PS2/c1-6-8-23-21(17,18-7-2)20-14-10-13(22-5)9-12-11-16(3,4)19-15(12)14/h9-10H,6-8,11H2,1-5H3. The first kappa shape index (κ1) is 19.0. The highest BCUT2D eigenvalue weighted by atomic mass is 32.7. The van der Waals surface area contributed by atoms with Crippen LogP contribution < -0.4 is 9.26 Å². The summed E-state index contributed by atoms with van der Waals surface area (Å²) >= 11 is 2.88. The zero-order valence-electron chi connectivity index (χ0n) is 14.4. The number of benzene rings is 1. The van der Waals surface area contributed by atoms with Gasteiger partial charge in [-0.05, 0) is 57.0 Å². The van der Waals surface area contributed by atoms with Crippen LogP contribution in [0.1, 0.15) is 39.7 Å². The van der Waals surface area contributed by atoms with E-state index in [9.17, 15) is 4.57 Å². The highest BCUT2D eigenvalue weighted by Crippen LogP contribution is 2.62. The fraction of sp³-hybridized carbons (Fsp3) is 0.625. The molecule has 0 N–H and O–H groups in total. The second-order valence-electron chi connectivity index (χ2n) is 5.94. The van der Waals surface area contributed by atoms with Crippen LogP contribution in [0.2, 0.25) is 0 Å². The summed E-state index contributed by atoms with van der Waals surface area (Å²) in [5.41, 5.74) is 0.823. The molecule has 4 nitrogen and oxygen atoms in total. The van der Waals surface area contributed by atoms with Gasteiger partial charge in [0.2, 0.25) is 0 Å². The van der Waals surface area contributed by atoms with Crippen molar-refractivity contribution in [3.8, 4) is 11.5 Å². The van der Waals surface area contributed by atoms with Gasteiger partial charge in [0.25, 0.3) is 0 Å². The van der Waals surface area contributed by atoms with Gasteiger partial charge in [-0.1, -0.05) is 6.92 Å². The second-order valence-corrected chi connectivity index (χ2v) is 10.9. The Balaban J connectivity index is 2.35. The Labute approximate surface area is 147 Å². The van der Waals surface area contributed by atoms with E-state index in [1.165, 1.54) is 11.4 Å². The molecule has 0 aromatic heterocycles. The summed E-state index contributed by atoms with van der Waals surface area (Å²) in [5.74, 6) is 1.95. The molecule has 1 unspecified atom stereocenters. The third-order valence-corrected chi connectivity index (χ3v) is 7.93. The Hall–Kier alpha value is -0.290. The Bertz CT molecular complexity index is 604. The van der Waals surface area contributed by atoms with Crippen molar-refractivity contribution in [3.63, 3.8) is 0 Å². The molecule has 1 aliphatic rings. The van der Waals surface area contributed by atoms with Crippen molar-refractivity contribution in [2.24, 2.45) is 0 Å². The van der Waals surface area contributed by atoms with Gasteiger partial charge in [0.1, 0.15) is 5.60 Å². The van der Waals surface area contributed by atoms with E-state index in [1.54, 1.807) is 11.8 Å². The van der Waals surface area contributed by atoms with E-state index in [-0.39, 0.29) is 5.60 Å². The number of hydrogen-bond acceptors (Lipinski definition) is 6. The molecular formula is C16H25O4PS2. The van der Waals surface area contributed by atoms with E-state index >= 15 is 0 Å². The lowest BCUT2D eigenvalue weighted by atomic mass is 10.0. The van der Waals surface area contributed by atoms with E-state index in [1.807, 2.05) is 40.0 Å². The number of hydrogen-bond donors (Lipinski definition) is 0. The summed E-state index contributed by atoms with van der Waals surface area (Å²) < 4.78 is 30.3. The van der Waals surface area contributed by atoms with Gasteiger partial charge >= 0.3 is 6.80 Å². The molecule has 0 fully saturated rings. The molecule has 1 aromatic carbocycles. The Morgan fingerprint density at radius 3 is 2.70 bits per heavy atom. The minimum Gasteiger partial charge on any atom is -0.483 e. The topological polar surface area (TPSA) is 44.8 Å².